The number of likely N-dealkylation sites (tertiary alicyclic amines) is 1. The highest BCUT2D eigenvalue weighted by Gasteiger charge is 2.28. The van der Waals surface area contributed by atoms with Crippen molar-refractivity contribution in [2.45, 2.75) is 38.6 Å². The Bertz CT molecular complexity index is 227. The van der Waals surface area contributed by atoms with Crippen molar-refractivity contribution in [2.24, 2.45) is 0 Å². The van der Waals surface area contributed by atoms with Crippen LogP contribution in [-0.2, 0) is 9.53 Å². The SMILES string of the molecule is COC(=O)N1CCCCCC1C(C)=O. The lowest BCUT2D eigenvalue weighted by Crippen LogP contribution is -2.43. The standard InChI is InChI=1S/C10H17NO3/c1-8(12)9-6-4-3-5-7-11(9)10(13)14-2/h9H,3-7H2,1-2H3. The third-order valence-corrected chi connectivity index (χ3v) is 2.63. The molecule has 0 aliphatic carbocycles. The number of amides is 1. The van der Waals surface area contributed by atoms with Crippen LogP contribution >= 0.6 is 0 Å². The Balaban J connectivity index is 2.73. The number of hydrogen-bond donors (Lipinski definition) is 0. The molecule has 0 bridgehead atoms. The summed E-state index contributed by atoms with van der Waals surface area (Å²) in [6, 6.07) is -0.273. The molecule has 0 aromatic heterocycles. The highest BCUT2D eigenvalue weighted by Crippen LogP contribution is 2.18. The van der Waals surface area contributed by atoms with E-state index < -0.39 is 0 Å². The highest BCUT2D eigenvalue weighted by atomic mass is 16.5. The van der Waals surface area contributed by atoms with Crippen molar-refractivity contribution in [2.75, 3.05) is 13.7 Å². The van der Waals surface area contributed by atoms with Crippen LogP contribution < -0.4 is 0 Å². The van der Waals surface area contributed by atoms with E-state index in [1.807, 2.05) is 0 Å². The number of carbonyl (C=O) groups excluding carboxylic acids is 2. The quantitative estimate of drug-likeness (QED) is 0.644. The Morgan fingerprint density at radius 2 is 2.00 bits per heavy atom. The average Bonchev–Trinajstić information content (AvgIpc) is 2.41. The second-order valence-electron chi connectivity index (χ2n) is 3.64. The van der Waals surface area contributed by atoms with Crippen molar-refractivity contribution in [3.63, 3.8) is 0 Å². The van der Waals surface area contributed by atoms with Gasteiger partial charge in [-0.1, -0.05) is 12.8 Å². The fourth-order valence-corrected chi connectivity index (χ4v) is 1.87. The molecular formula is C10H17NO3. The van der Waals surface area contributed by atoms with Crippen LogP contribution in [0.1, 0.15) is 32.6 Å². The van der Waals surface area contributed by atoms with Crippen molar-refractivity contribution in [3.05, 3.63) is 0 Å². The first-order valence-corrected chi connectivity index (χ1v) is 5.02. The van der Waals surface area contributed by atoms with Gasteiger partial charge in [-0.25, -0.2) is 4.79 Å². The largest absolute Gasteiger partial charge is 0.453 e. The zero-order valence-corrected chi connectivity index (χ0v) is 8.78. The molecule has 4 nitrogen and oxygen atoms in total. The van der Waals surface area contributed by atoms with Gasteiger partial charge >= 0.3 is 6.09 Å². The summed E-state index contributed by atoms with van der Waals surface area (Å²) in [5, 5.41) is 0. The van der Waals surface area contributed by atoms with Crippen LogP contribution in [0.15, 0.2) is 0 Å². The molecule has 80 valence electrons. The number of hydrogen-bond acceptors (Lipinski definition) is 3. The van der Waals surface area contributed by atoms with Gasteiger partial charge < -0.3 is 4.74 Å². The first-order chi connectivity index (χ1) is 6.66. The molecule has 1 saturated heterocycles. The van der Waals surface area contributed by atoms with Crippen molar-refractivity contribution in [3.8, 4) is 0 Å². The molecule has 0 spiro atoms. The summed E-state index contributed by atoms with van der Waals surface area (Å²) in [6.45, 7) is 2.17. The fourth-order valence-electron chi connectivity index (χ4n) is 1.87. The van der Waals surface area contributed by atoms with Crippen molar-refractivity contribution < 1.29 is 14.3 Å². The van der Waals surface area contributed by atoms with Crippen LogP contribution in [0.5, 0.6) is 0 Å². The normalized spacial score (nSPS) is 22.7. The van der Waals surface area contributed by atoms with E-state index in [1.54, 1.807) is 4.90 Å². The monoisotopic (exact) mass is 199 g/mol. The molecular weight excluding hydrogens is 182 g/mol. The fraction of sp³-hybridized carbons (Fsp3) is 0.800. The van der Waals surface area contributed by atoms with Crippen LogP contribution in [0.25, 0.3) is 0 Å². The Kier molecular flexibility index (Phi) is 3.92. The van der Waals surface area contributed by atoms with Gasteiger partial charge in [0.25, 0.3) is 0 Å². The van der Waals surface area contributed by atoms with Gasteiger partial charge in [0.2, 0.25) is 0 Å². The van der Waals surface area contributed by atoms with E-state index in [2.05, 4.69) is 4.74 Å². The number of ketones is 1. The molecule has 1 fully saturated rings. The number of rotatable bonds is 1. The Morgan fingerprint density at radius 3 is 2.57 bits per heavy atom. The third-order valence-electron chi connectivity index (χ3n) is 2.63. The van der Waals surface area contributed by atoms with Crippen LogP contribution in [-0.4, -0.2) is 36.5 Å². The summed E-state index contributed by atoms with van der Waals surface area (Å²) >= 11 is 0. The van der Waals surface area contributed by atoms with Gasteiger partial charge in [0.1, 0.15) is 0 Å². The molecule has 1 aliphatic rings. The van der Waals surface area contributed by atoms with E-state index in [4.69, 9.17) is 0 Å². The minimum absolute atomic E-state index is 0.0531. The maximum absolute atomic E-state index is 11.4. The molecule has 14 heavy (non-hydrogen) atoms. The average molecular weight is 199 g/mol. The van der Waals surface area contributed by atoms with E-state index in [1.165, 1.54) is 14.0 Å². The molecule has 1 amide bonds. The molecule has 0 N–H and O–H groups in total. The Morgan fingerprint density at radius 1 is 1.29 bits per heavy atom. The van der Waals surface area contributed by atoms with Crippen LogP contribution in [0, 0.1) is 0 Å². The summed E-state index contributed by atoms with van der Waals surface area (Å²) in [5.74, 6) is 0.0531. The Hall–Kier alpha value is -1.06. The van der Waals surface area contributed by atoms with Gasteiger partial charge in [-0.2, -0.15) is 0 Å². The second-order valence-corrected chi connectivity index (χ2v) is 3.64. The predicted octanol–water partition coefficient (Wildman–Crippen LogP) is 1.59. The van der Waals surface area contributed by atoms with Crippen LogP contribution in [0.2, 0.25) is 0 Å². The Labute approximate surface area is 84.2 Å². The molecule has 1 aliphatic heterocycles. The second kappa shape index (κ2) is 4.98. The molecule has 0 aromatic carbocycles. The van der Waals surface area contributed by atoms with Gasteiger partial charge in [-0.3, -0.25) is 9.69 Å². The van der Waals surface area contributed by atoms with Crippen molar-refractivity contribution >= 4 is 11.9 Å². The van der Waals surface area contributed by atoms with Gasteiger partial charge in [-0.05, 0) is 19.8 Å². The number of ether oxygens (including phenoxy) is 1. The molecule has 1 atom stereocenters. The lowest BCUT2D eigenvalue weighted by molar-refractivity contribution is -0.121. The molecule has 1 rings (SSSR count). The molecule has 0 radical (unpaired) electrons. The van der Waals surface area contributed by atoms with Gasteiger partial charge in [-0.15, -0.1) is 0 Å². The van der Waals surface area contributed by atoms with Crippen LogP contribution in [0.3, 0.4) is 0 Å². The first-order valence-electron chi connectivity index (χ1n) is 5.02. The molecule has 0 aromatic rings. The molecule has 1 unspecified atom stereocenters. The maximum atomic E-state index is 11.4. The van der Waals surface area contributed by atoms with Gasteiger partial charge in [0, 0.05) is 6.54 Å². The summed E-state index contributed by atoms with van der Waals surface area (Å²) in [5.41, 5.74) is 0. The number of carbonyl (C=O) groups is 2. The predicted molar refractivity (Wildman–Crippen MR) is 52.0 cm³/mol. The lowest BCUT2D eigenvalue weighted by Gasteiger charge is -2.26. The maximum Gasteiger partial charge on any atom is 0.410 e. The highest BCUT2D eigenvalue weighted by molar-refractivity contribution is 5.85. The zero-order chi connectivity index (χ0) is 10.6. The van der Waals surface area contributed by atoms with Crippen molar-refractivity contribution in [1.29, 1.82) is 0 Å². The lowest BCUT2D eigenvalue weighted by atomic mass is 10.1. The van der Waals surface area contributed by atoms with Gasteiger partial charge in [0.15, 0.2) is 5.78 Å². The summed E-state index contributed by atoms with van der Waals surface area (Å²) in [6.07, 6.45) is 3.44. The third kappa shape index (κ3) is 2.47. The molecule has 4 heteroatoms. The zero-order valence-electron chi connectivity index (χ0n) is 8.78. The first kappa shape index (κ1) is 11.0. The smallest absolute Gasteiger partial charge is 0.410 e. The topological polar surface area (TPSA) is 46.6 Å². The molecule has 1 heterocycles. The van der Waals surface area contributed by atoms with E-state index >= 15 is 0 Å². The summed E-state index contributed by atoms with van der Waals surface area (Å²) in [4.78, 5) is 24.3. The minimum Gasteiger partial charge on any atom is -0.453 e. The molecule has 0 saturated carbocycles. The number of Topliss-reactive ketones (excluding diaryl/α,β-unsaturated/α-hetero) is 1. The van der Waals surface area contributed by atoms with E-state index in [0.29, 0.717) is 6.54 Å². The van der Waals surface area contributed by atoms with E-state index in [-0.39, 0.29) is 17.9 Å². The van der Waals surface area contributed by atoms with Crippen LogP contribution in [0.4, 0.5) is 4.79 Å². The number of methoxy groups -OCH3 is 1. The summed E-state index contributed by atoms with van der Waals surface area (Å²) in [7, 11) is 1.35. The van der Waals surface area contributed by atoms with Gasteiger partial charge in [0.05, 0.1) is 13.2 Å². The van der Waals surface area contributed by atoms with Crippen molar-refractivity contribution in [1.82, 2.24) is 4.90 Å². The van der Waals surface area contributed by atoms with E-state index in [9.17, 15) is 9.59 Å². The van der Waals surface area contributed by atoms with E-state index in [0.717, 1.165) is 25.7 Å². The summed E-state index contributed by atoms with van der Waals surface area (Å²) < 4.78 is 4.66. The number of nitrogens with zero attached hydrogens (tertiary/aromatic N) is 1. The minimum atomic E-state index is -0.382.